The minimum absolute atomic E-state index is 0.338. The average Bonchev–Trinajstić information content (AvgIpc) is 2.47. The van der Waals surface area contributed by atoms with E-state index in [1.807, 2.05) is 6.08 Å². The van der Waals surface area contributed by atoms with Crippen LogP contribution in [-0.2, 0) is 19.6 Å². The quantitative estimate of drug-likeness (QED) is 0.707. The summed E-state index contributed by atoms with van der Waals surface area (Å²) in [7, 11) is -3.36. The van der Waals surface area contributed by atoms with Gasteiger partial charge in [-0.15, -0.1) is 0 Å². The number of carboxylic acids is 1. The van der Waals surface area contributed by atoms with E-state index in [1.54, 1.807) is 18.2 Å². The number of hydrogen-bond donors (Lipinski definition) is 3. The van der Waals surface area contributed by atoms with E-state index in [-0.39, 0.29) is 5.91 Å². The lowest BCUT2D eigenvalue weighted by atomic mass is 9.82. The van der Waals surface area contributed by atoms with E-state index in [2.05, 4.69) is 10.0 Å². The molecule has 2 atom stereocenters. The van der Waals surface area contributed by atoms with E-state index in [0.717, 1.165) is 6.26 Å². The molecule has 2 rings (SSSR count). The van der Waals surface area contributed by atoms with Crippen molar-refractivity contribution in [2.45, 2.75) is 12.8 Å². The van der Waals surface area contributed by atoms with Crippen molar-refractivity contribution in [1.29, 1.82) is 0 Å². The van der Waals surface area contributed by atoms with Crippen LogP contribution in [0.1, 0.15) is 12.8 Å². The minimum atomic E-state index is -3.36. The third kappa shape index (κ3) is 4.82. The summed E-state index contributed by atoms with van der Waals surface area (Å²) in [5.41, 5.74) is 0.863. The van der Waals surface area contributed by atoms with Gasteiger partial charge in [0.1, 0.15) is 0 Å². The van der Waals surface area contributed by atoms with Gasteiger partial charge < -0.3 is 10.4 Å². The highest BCUT2D eigenvalue weighted by atomic mass is 32.2. The number of carbonyl (C=O) groups is 2. The summed E-state index contributed by atoms with van der Waals surface area (Å²) in [6.45, 7) is 0. The molecule has 0 aliphatic heterocycles. The average molecular weight is 338 g/mol. The van der Waals surface area contributed by atoms with Gasteiger partial charge in [-0.3, -0.25) is 14.3 Å². The lowest BCUT2D eigenvalue weighted by Crippen LogP contribution is -2.34. The summed E-state index contributed by atoms with van der Waals surface area (Å²) < 4.78 is 24.6. The van der Waals surface area contributed by atoms with Gasteiger partial charge in [-0.05, 0) is 37.1 Å². The number of aliphatic carboxylic acids is 1. The number of nitrogens with one attached hydrogen (secondary N) is 2. The Hall–Kier alpha value is -2.35. The third-order valence-corrected chi connectivity index (χ3v) is 4.15. The molecule has 0 fully saturated rings. The highest BCUT2D eigenvalue weighted by molar-refractivity contribution is 7.92. The second-order valence-electron chi connectivity index (χ2n) is 5.43. The fraction of sp³-hybridized carbons (Fsp3) is 0.333. The molecule has 0 saturated heterocycles. The van der Waals surface area contributed by atoms with Crippen molar-refractivity contribution in [1.82, 2.24) is 0 Å². The number of carbonyl (C=O) groups excluding carboxylic acids is 1. The molecule has 3 N–H and O–H groups in total. The van der Waals surface area contributed by atoms with E-state index in [9.17, 15) is 23.1 Å². The molecule has 23 heavy (non-hydrogen) atoms. The van der Waals surface area contributed by atoms with Crippen LogP contribution in [-0.4, -0.2) is 31.7 Å². The normalized spacial score (nSPS) is 20.7. The molecule has 0 heterocycles. The summed E-state index contributed by atoms with van der Waals surface area (Å²) in [6, 6.07) is 6.15. The Labute approximate surface area is 134 Å². The zero-order chi connectivity index (χ0) is 17.0. The van der Waals surface area contributed by atoms with Crippen LogP contribution >= 0.6 is 0 Å². The number of carboxylic acid groups (broad SMARTS) is 1. The van der Waals surface area contributed by atoms with Crippen LogP contribution in [0.15, 0.2) is 36.4 Å². The van der Waals surface area contributed by atoms with Gasteiger partial charge in [0.25, 0.3) is 0 Å². The number of rotatable bonds is 5. The number of amides is 1. The number of hydrogen-bond acceptors (Lipinski definition) is 4. The topological polar surface area (TPSA) is 113 Å². The maximum Gasteiger partial charge on any atom is 0.307 e. The molecule has 1 aromatic rings. The Kier molecular flexibility index (Phi) is 5.05. The minimum Gasteiger partial charge on any atom is -0.481 e. The molecule has 8 heteroatoms. The maximum atomic E-state index is 12.3. The van der Waals surface area contributed by atoms with Crippen molar-refractivity contribution in [3.8, 4) is 0 Å². The van der Waals surface area contributed by atoms with Gasteiger partial charge in [0.15, 0.2) is 0 Å². The standard InChI is InChI=1S/C15H18N2O5S/c1-23(21,22)17-11-8-6-10(7-9-11)16-14(18)12-4-2-3-5-13(12)15(19)20/h2-3,6-9,12-13,17H,4-5H2,1H3,(H,16,18)(H,19,20)/t12-,13+/m1/s1. The monoisotopic (exact) mass is 338 g/mol. The largest absolute Gasteiger partial charge is 0.481 e. The fourth-order valence-electron chi connectivity index (χ4n) is 2.45. The predicted octanol–water partition coefficient (Wildman–Crippen LogP) is 1.66. The first-order valence-corrected chi connectivity index (χ1v) is 8.92. The lowest BCUT2D eigenvalue weighted by molar-refractivity contribution is -0.146. The second-order valence-corrected chi connectivity index (χ2v) is 7.18. The van der Waals surface area contributed by atoms with Crippen molar-refractivity contribution in [3.05, 3.63) is 36.4 Å². The van der Waals surface area contributed by atoms with Crippen LogP contribution in [0.4, 0.5) is 11.4 Å². The molecule has 0 unspecified atom stereocenters. The van der Waals surface area contributed by atoms with Gasteiger partial charge in [0, 0.05) is 11.4 Å². The van der Waals surface area contributed by atoms with E-state index < -0.39 is 27.8 Å². The Balaban J connectivity index is 2.05. The first-order valence-electron chi connectivity index (χ1n) is 7.03. The van der Waals surface area contributed by atoms with Crippen LogP contribution in [0.5, 0.6) is 0 Å². The van der Waals surface area contributed by atoms with E-state index in [1.165, 1.54) is 12.1 Å². The smallest absolute Gasteiger partial charge is 0.307 e. The molecule has 0 spiro atoms. The molecule has 1 amide bonds. The number of benzene rings is 1. The number of anilines is 2. The van der Waals surface area contributed by atoms with Crippen molar-refractivity contribution in [3.63, 3.8) is 0 Å². The van der Waals surface area contributed by atoms with Crippen LogP contribution in [0.2, 0.25) is 0 Å². The highest BCUT2D eigenvalue weighted by Crippen LogP contribution is 2.27. The van der Waals surface area contributed by atoms with Crippen LogP contribution in [0.25, 0.3) is 0 Å². The molecule has 1 aliphatic rings. The van der Waals surface area contributed by atoms with Crippen LogP contribution in [0.3, 0.4) is 0 Å². The fourth-order valence-corrected chi connectivity index (χ4v) is 3.01. The Morgan fingerprint density at radius 1 is 1.04 bits per heavy atom. The Bertz CT molecular complexity index is 725. The predicted molar refractivity (Wildman–Crippen MR) is 86.5 cm³/mol. The van der Waals surface area contributed by atoms with Crippen molar-refractivity contribution >= 4 is 33.3 Å². The molecule has 0 radical (unpaired) electrons. The summed E-state index contributed by atoms with van der Waals surface area (Å²) in [4.78, 5) is 23.5. The molecule has 0 saturated carbocycles. The van der Waals surface area contributed by atoms with Crippen molar-refractivity contribution in [2.24, 2.45) is 11.8 Å². The van der Waals surface area contributed by atoms with Crippen LogP contribution in [0, 0.1) is 11.8 Å². The summed E-state index contributed by atoms with van der Waals surface area (Å²) in [5, 5.41) is 11.9. The number of sulfonamides is 1. The van der Waals surface area contributed by atoms with E-state index >= 15 is 0 Å². The zero-order valence-electron chi connectivity index (χ0n) is 12.5. The van der Waals surface area contributed by atoms with Gasteiger partial charge in [0.2, 0.25) is 15.9 Å². The maximum absolute atomic E-state index is 12.3. The second kappa shape index (κ2) is 6.82. The first-order chi connectivity index (χ1) is 10.8. The summed E-state index contributed by atoms with van der Waals surface area (Å²) in [6.07, 6.45) is 5.35. The molecule has 1 aliphatic carbocycles. The molecule has 1 aromatic carbocycles. The van der Waals surface area contributed by atoms with Gasteiger partial charge in [0.05, 0.1) is 18.1 Å². The molecule has 0 bridgehead atoms. The van der Waals surface area contributed by atoms with Crippen molar-refractivity contribution in [2.75, 3.05) is 16.3 Å². The third-order valence-electron chi connectivity index (χ3n) is 3.54. The van der Waals surface area contributed by atoms with Crippen molar-refractivity contribution < 1.29 is 23.1 Å². The SMILES string of the molecule is CS(=O)(=O)Nc1ccc(NC(=O)[C@@H]2CC=CC[C@@H]2C(=O)O)cc1. The summed E-state index contributed by atoms with van der Waals surface area (Å²) >= 11 is 0. The lowest BCUT2D eigenvalue weighted by Gasteiger charge is -2.24. The number of allylic oxidation sites excluding steroid dienone is 2. The van der Waals surface area contributed by atoms with E-state index in [4.69, 9.17) is 0 Å². The first kappa shape index (κ1) is 17.0. The van der Waals surface area contributed by atoms with Gasteiger partial charge in [-0.1, -0.05) is 12.2 Å². The molecular weight excluding hydrogens is 320 g/mol. The highest BCUT2D eigenvalue weighted by Gasteiger charge is 2.33. The molecule has 0 aromatic heterocycles. The molecule has 124 valence electrons. The van der Waals surface area contributed by atoms with E-state index in [0.29, 0.717) is 24.2 Å². The Morgan fingerprint density at radius 3 is 2.09 bits per heavy atom. The van der Waals surface area contributed by atoms with Gasteiger partial charge in [-0.2, -0.15) is 0 Å². The van der Waals surface area contributed by atoms with Gasteiger partial charge in [-0.25, -0.2) is 8.42 Å². The molecular formula is C15H18N2O5S. The zero-order valence-corrected chi connectivity index (χ0v) is 13.3. The Morgan fingerprint density at radius 2 is 1.57 bits per heavy atom. The molecule has 7 nitrogen and oxygen atoms in total. The summed E-state index contributed by atoms with van der Waals surface area (Å²) in [5.74, 6) is -2.69. The van der Waals surface area contributed by atoms with Gasteiger partial charge >= 0.3 is 5.97 Å². The van der Waals surface area contributed by atoms with Crippen LogP contribution < -0.4 is 10.0 Å².